The van der Waals surface area contributed by atoms with Gasteiger partial charge in [-0.15, -0.1) is 0 Å². The lowest BCUT2D eigenvalue weighted by Crippen LogP contribution is -1.99. The van der Waals surface area contributed by atoms with Crippen molar-refractivity contribution in [3.63, 3.8) is 0 Å². The molecule has 0 N–H and O–H groups in total. The summed E-state index contributed by atoms with van der Waals surface area (Å²) < 4.78 is 16.2. The molecule has 0 saturated heterocycles. The van der Waals surface area contributed by atoms with Crippen molar-refractivity contribution >= 4 is 18.2 Å². The Hall–Kier alpha value is -3.28. The minimum Gasteiger partial charge on any atom is -0.493 e. The zero-order valence-electron chi connectivity index (χ0n) is 15.2. The van der Waals surface area contributed by atoms with Gasteiger partial charge >= 0.3 is 0 Å². The number of benzene rings is 2. The van der Waals surface area contributed by atoms with Crippen LogP contribution in [-0.2, 0) is 0 Å². The summed E-state index contributed by atoms with van der Waals surface area (Å²) in [5, 5.41) is 10.7. The monoisotopic (exact) mass is 355 g/mol. The Balaban J connectivity index is 2.62. The van der Waals surface area contributed by atoms with Crippen LogP contribution in [0, 0.1) is 17.0 Å². The highest BCUT2D eigenvalue weighted by molar-refractivity contribution is 5.82. The van der Waals surface area contributed by atoms with Gasteiger partial charge in [0, 0.05) is 11.6 Å². The number of methoxy groups -OCH3 is 3. The van der Waals surface area contributed by atoms with Gasteiger partial charge in [0.15, 0.2) is 11.5 Å². The minimum absolute atomic E-state index is 0.428. The first-order valence-electron chi connectivity index (χ1n) is 7.89. The van der Waals surface area contributed by atoms with E-state index in [0.29, 0.717) is 28.4 Å². The lowest BCUT2D eigenvalue weighted by atomic mass is 10.0. The van der Waals surface area contributed by atoms with Crippen molar-refractivity contribution in [3.05, 3.63) is 68.9 Å². The summed E-state index contributed by atoms with van der Waals surface area (Å²) in [6.45, 7) is 2.02. The molecule has 2 rings (SSSR count). The molecule has 0 aliphatic rings. The fourth-order valence-corrected chi connectivity index (χ4v) is 2.51. The van der Waals surface area contributed by atoms with Crippen LogP contribution in [0.5, 0.6) is 17.2 Å². The average Bonchev–Trinajstić information content (AvgIpc) is 2.64. The van der Waals surface area contributed by atoms with Crippen molar-refractivity contribution in [1.29, 1.82) is 0 Å². The van der Waals surface area contributed by atoms with Crippen molar-refractivity contribution in [2.75, 3.05) is 21.3 Å². The molecule has 6 heteroatoms. The zero-order chi connectivity index (χ0) is 19.1. The topological polar surface area (TPSA) is 70.8 Å². The molecular weight excluding hydrogens is 334 g/mol. The summed E-state index contributed by atoms with van der Waals surface area (Å²) in [6, 6.07) is 9.69. The van der Waals surface area contributed by atoms with Gasteiger partial charge < -0.3 is 14.2 Å². The van der Waals surface area contributed by atoms with Gasteiger partial charge in [-0.05, 0) is 30.2 Å². The largest absolute Gasteiger partial charge is 0.493 e. The van der Waals surface area contributed by atoms with E-state index in [1.165, 1.54) is 33.0 Å². The van der Waals surface area contributed by atoms with Crippen molar-refractivity contribution in [1.82, 2.24) is 0 Å². The van der Waals surface area contributed by atoms with E-state index in [1.54, 1.807) is 6.07 Å². The van der Waals surface area contributed by atoms with Crippen LogP contribution in [-0.4, -0.2) is 26.3 Å². The van der Waals surface area contributed by atoms with Crippen molar-refractivity contribution in [3.8, 4) is 17.2 Å². The van der Waals surface area contributed by atoms with E-state index in [0.717, 1.165) is 11.8 Å². The standard InChI is InChI=1S/C20H21NO5/c1-14-5-7-15(8-6-14)9-10-17-16(11-12-21(22)23)13-18(24-2)20(26-4)19(17)25-3/h5-13H,1-4H3/b10-9+,12-11+. The number of hydrogen-bond donors (Lipinski definition) is 0. The maximum atomic E-state index is 10.7. The van der Waals surface area contributed by atoms with E-state index in [9.17, 15) is 10.1 Å². The lowest BCUT2D eigenvalue weighted by molar-refractivity contribution is -0.400. The van der Waals surface area contributed by atoms with E-state index in [2.05, 4.69) is 0 Å². The van der Waals surface area contributed by atoms with E-state index >= 15 is 0 Å². The Morgan fingerprint density at radius 3 is 2.12 bits per heavy atom. The van der Waals surface area contributed by atoms with Gasteiger partial charge in [0.05, 0.1) is 26.3 Å². The first-order valence-corrected chi connectivity index (χ1v) is 7.89. The van der Waals surface area contributed by atoms with Gasteiger partial charge in [0.25, 0.3) is 0 Å². The Labute approximate surface area is 152 Å². The van der Waals surface area contributed by atoms with Gasteiger partial charge in [0.2, 0.25) is 11.9 Å². The molecule has 0 aromatic heterocycles. The fourth-order valence-electron chi connectivity index (χ4n) is 2.51. The number of nitrogens with zero attached hydrogens (tertiary/aromatic N) is 1. The second-order valence-corrected chi connectivity index (χ2v) is 5.49. The highest BCUT2D eigenvalue weighted by Crippen LogP contribution is 2.43. The predicted octanol–water partition coefficient (Wildman–Crippen LogP) is 4.44. The van der Waals surface area contributed by atoms with E-state index in [-0.39, 0.29) is 0 Å². The van der Waals surface area contributed by atoms with Crippen LogP contribution in [0.3, 0.4) is 0 Å². The molecule has 26 heavy (non-hydrogen) atoms. The second-order valence-electron chi connectivity index (χ2n) is 5.49. The first-order chi connectivity index (χ1) is 12.5. The van der Waals surface area contributed by atoms with Crippen LogP contribution in [0.25, 0.3) is 18.2 Å². The normalized spacial score (nSPS) is 11.1. The molecule has 2 aromatic rings. The Bertz CT molecular complexity index is 838. The Kier molecular flexibility index (Phi) is 6.38. The van der Waals surface area contributed by atoms with Crippen LogP contribution < -0.4 is 14.2 Å². The molecule has 6 nitrogen and oxygen atoms in total. The quantitative estimate of drug-likeness (QED) is 0.417. The molecule has 0 heterocycles. The summed E-state index contributed by atoms with van der Waals surface area (Å²) in [6.07, 6.45) is 6.03. The Morgan fingerprint density at radius 2 is 1.58 bits per heavy atom. The van der Waals surface area contributed by atoms with Crippen LogP contribution in [0.4, 0.5) is 0 Å². The van der Waals surface area contributed by atoms with Gasteiger partial charge in [-0.3, -0.25) is 10.1 Å². The molecule has 0 radical (unpaired) electrons. The molecule has 0 aliphatic carbocycles. The number of ether oxygens (including phenoxy) is 3. The fraction of sp³-hybridized carbons (Fsp3) is 0.200. The molecule has 0 bridgehead atoms. The smallest absolute Gasteiger partial charge is 0.235 e. The van der Waals surface area contributed by atoms with E-state index < -0.39 is 4.92 Å². The van der Waals surface area contributed by atoms with Crippen molar-refractivity contribution in [2.45, 2.75) is 6.92 Å². The maximum absolute atomic E-state index is 10.7. The van der Waals surface area contributed by atoms with E-state index in [1.807, 2.05) is 43.3 Å². The molecule has 0 fully saturated rings. The minimum atomic E-state index is -0.517. The molecule has 2 aromatic carbocycles. The molecule has 136 valence electrons. The molecule has 0 unspecified atom stereocenters. The van der Waals surface area contributed by atoms with Gasteiger partial charge in [-0.25, -0.2) is 0 Å². The SMILES string of the molecule is COc1cc(/C=C/[N+](=O)[O-])c(/C=C/c2ccc(C)cc2)c(OC)c1OC. The lowest BCUT2D eigenvalue weighted by Gasteiger charge is -2.16. The van der Waals surface area contributed by atoms with Crippen LogP contribution in [0.1, 0.15) is 22.3 Å². The molecule has 0 saturated carbocycles. The predicted molar refractivity (Wildman–Crippen MR) is 102 cm³/mol. The van der Waals surface area contributed by atoms with Gasteiger partial charge in [0.1, 0.15) is 0 Å². The summed E-state index contributed by atoms with van der Waals surface area (Å²) in [5.41, 5.74) is 3.40. The highest BCUT2D eigenvalue weighted by Gasteiger charge is 2.18. The van der Waals surface area contributed by atoms with E-state index in [4.69, 9.17) is 14.2 Å². The van der Waals surface area contributed by atoms with Crippen LogP contribution in [0.15, 0.2) is 36.5 Å². The third-order valence-corrected chi connectivity index (χ3v) is 3.80. The molecule has 0 atom stereocenters. The van der Waals surface area contributed by atoms with Gasteiger partial charge in [-0.2, -0.15) is 0 Å². The molecule has 0 amide bonds. The van der Waals surface area contributed by atoms with Crippen molar-refractivity contribution in [2.24, 2.45) is 0 Å². The maximum Gasteiger partial charge on any atom is 0.235 e. The summed E-state index contributed by atoms with van der Waals surface area (Å²) in [4.78, 5) is 10.2. The average molecular weight is 355 g/mol. The van der Waals surface area contributed by atoms with Crippen LogP contribution >= 0.6 is 0 Å². The Morgan fingerprint density at radius 1 is 0.923 bits per heavy atom. The summed E-state index contributed by atoms with van der Waals surface area (Å²) in [5.74, 6) is 1.30. The summed E-state index contributed by atoms with van der Waals surface area (Å²) >= 11 is 0. The highest BCUT2D eigenvalue weighted by atomic mass is 16.6. The second kappa shape index (κ2) is 8.71. The zero-order valence-corrected chi connectivity index (χ0v) is 15.2. The molecule has 0 aliphatic heterocycles. The third kappa shape index (κ3) is 4.42. The first kappa shape index (κ1) is 19.1. The number of aryl methyl sites for hydroxylation is 1. The van der Waals surface area contributed by atoms with Crippen molar-refractivity contribution < 1.29 is 19.1 Å². The van der Waals surface area contributed by atoms with Crippen LogP contribution in [0.2, 0.25) is 0 Å². The number of rotatable bonds is 7. The third-order valence-electron chi connectivity index (χ3n) is 3.80. The van der Waals surface area contributed by atoms with Gasteiger partial charge in [-0.1, -0.05) is 35.9 Å². The summed E-state index contributed by atoms with van der Waals surface area (Å²) in [7, 11) is 4.53. The number of hydrogen-bond acceptors (Lipinski definition) is 5. The molecule has 0 spiro atoms. The molecular formula is C20H21NO5. The number of nitro groups is 1.